The molecule has 1 aliphatic heterocycles. The molecule has 1 atom stereocenters. The lowest BCUT2D eigenvalue weighted by atomic mass is 10.2. The van der Waals surface area contributed by atoms with Crippen LogP contribution in [0.1, 0.15) is 26.2 Å². The fraction of sp³-hybridized carbons (Fsp3) is 0.588. The van der Waals surface area contributed by atoms with E-state index in [1.165, 1.54) is 12.1 Å². The first-order valence-corrected chi connectivity index (χ1v) is 8.17. The molecule has 0 spiro atoms. The van der Waals surface area contributed by atoms with Crippen LogP contribution in [0.15, 0.2) is 24.3 Å². The number of carbonyl (C=O) groups is 1. The summed E-state index contributed by atoms with van der Waals surface area (Å²) in [6.45, 7) is 5.17. The van der Waals surface area contributed by atoms with Crippen molar-refractivity contribution in [1.29, 1.82) is 0 Å². The van der Waals surface area contributed by atoms with Crippen molar-refractivity contribution < 1.29 is 18.7 Å². The highest BCUT2D eigenvalue weighted by Crippen LogP contribution is 2.11. The van der Waals surface area contributed by atoms with Crippen LogP contribution in [0.4, 0.5) is 9.18 Å². The quantitative estimate of drug-likeness (QED) is 0.819. The van der Waals surface area contributed by atoms with Crippen LogP contribution in [0.25, 0.3) is 0 Å². The summed E-state index contributed by atoms with van der Waals surface area (Å²) in [5.74, 6) is 0.391. The van der Waals surface area contributed by atoms with Gasteiger partial charge >= 0.3 is 6.03 Å². The van der Waals surface area contributed by atoms with Gasteiger partial charge in [0.2, 0.25) is 0 Å². The lowest BCUT2D eigenvalue weighted by molar-refractivity contribution is 0.142. The predicted octanol–water partition coefficient (Wildman–Crippen LogP) is 2.81. The van der Waals surface area contributed by atoms with Crippen molar-refractivity contribution >= 4 is 6.03 Å². The first kappa shape index (κ1) is 17.5. The van der Waals surface area contributed by atoms with Crippen molar-refractivity contribution in [3.8, 4) is 5.75 Å². The van der Waals surface area contributed by atoms with E-state index in [1.807, 2.05) is 11.8 Å². The van der Waals surface area contributed by atoms with Gasteiger partial charge in [-0.1, -0.05) is 0 Å². The molecular formula is C17H25FN2O3. The summed E-state index contributed by atoms with van der Waals surface area (Å²) in [4.78, 5) is 14.0. The highest BCUT2D eigenvalue weighted by molar-refractivity contribution is 5.74. The molecule has 23 heavy (non-hydrogen) atoms. The van der Waals surface area contributed by atoms with Crippen LogP contribution in [0.5, 0.6) is 5.75 Å². The van der Waals surface area contributed by atoms with Gasteiger partial charge in [-0.25, -0.2) is 9.18 Å². The van der Waals surface area contributed by atoms with Gasteiger partial charge in [-0.15, -0.1) is 0 Å². The van der Waals surface area contributed by atoms with E-state index in [1.54, 1.807) is 12.1 Å². The summed E-state index contributed by atoms with van der Waals surface area (Å²) >= 11 is 0. The molecule has 0 aromatic heterocycles. The Hall–Kier alpha value is -1.82. The van der Waals surface area contributed by atoms with Crippen molar-refractivity contribution in [3.63, 3.8) is 0 Å². The van der Waals surface area contributed by atoms with Crippen LogP contribution in [0.3, 0.4) is 0 Å². The van der Waals surface area contributed by atoms with Crippen LogP contribution >= 0.6 is 0 Å². The Balaban J connectivity index is 1.57. The Morgan fingerprint density at radius 3 is 2.91 bits per heavy atom. The van der Waals surface area contributed by atoms with Crippen molar-refractivity contribution in [2.45, 2.75) is 32.2 Å². The van der Waals surface area contributed by atoms with E-state index in [2.05, 4.69) is 5.32 Å². The molecule has 128 valence electrons. The van der Waals surface area contributed by atoms with Crippen molar-refractivity contribution in [2.24, 2.45) is 0 Å². The molecule has 1 aromatic rings. The molecule has 0 bridgehead atoms. The van der Waals surface area contributed by atoms with E-state index in [0.717, 1.165) is 19.3 Å². The minimum absolute atomic E-state index is 0.0255. The molecule has 1 saturated heterocycles. The number of ether oxygens (including phenoxy) is 2. The second-order valence-electron chi connectivity index (χ2n) is 5.68. The number of hydrogen-bond acceptors (Lipinski definition) is 3. The number of nitrogens with zero attached hydrogens (tertiary/aromatic N) is 1. The molecule has 1 aliphatic rings. The van der Waals surface area contributed by atoms with E-state index in [9.17, 15) is 9.18 Å². The summed E-state index contributed by atoms with van der Waals surface area (Å²) in [5.41, 5.74) is 0. The summed E-state index contributed by atoms with van der Waals surface area (Å²) in [5, 5.41) is 2.94. The zero-order valence-corrected chi connectivity index (χ0v) is 13.6. The zero-order chi connectivity index (χ0) is 16.5. The molecular weight excluding hydrogens is 299 g/mol. The van der Waals surface area contributed by atoms with Gasteiger partial charge in [0.05, 0.1) is 13.2 Å². The topological polar surface area (TPSA) is 50.8 Å². The summed E-state index contributed by atoms with van der Waals surface area (Å²) in [7, 11) is 0. The van der Waals surface area contributed by atoms with Gasteiger partial charge in [0.25, 0.3) is 0 Å². The second kappa shape index (κ2) is 9.35. The van der Waals surface area contributed by atoms with Crippen LogP contribution in [0.2, 0.25) is 0 Å². The van der Waals surface area contributed by atoms with Gasteiger partial charge < -0.3 is 19.7 Å². The van der Waals surface area contributed by atoms with E-state index >= 15 is 0 Å². The van der Waals surface area contributed by atoms with E-state index in [0.29, 0.717) is 38.7 Å². The first-order valence-electron chi connectivity index (χ1n) is 8.17. The number of nitrogens with one attached hydrogen (secondary N) is 1. The number of carbonyl (C=O) groups excluding carboxylic acids is 1. The third-order valence-corrected chi connectivity index (χ3v) is 3.88. The van der Waals surface area contributed by atoms with Crippen LogP contribution < -0.4 is 10.1 Å². The Bertz CT molecular complexity index is 481. The fourth-order valence-electron chi connectivity index (χ4n) is 2.44. The van der Waals surface area contributed by atoms with Crippen molar-refractivity contribution in [3.05, 3.63) is 30.1 Å². The molecule has 2 rings (SSSR count). The Morgan fingerprint density at radius 2 is 2.13 bits per heavy atom. The molecule has 0 aliphatic carbocycles. The molecule has 0 unspecified atom stereocenters. The van der Waals surface area contributed by atoms with Crippen LogP contribution in [-0.2, 0) is 4.74 Å². The molecule has 2 amide bonds. The number of urea groups is 1. The Morgan fingerprint density at radius 1 is 1.35 bits per heavy atom. The molecule has 1 aromatic carbocycles. The smallest absolute Gasteiger partial charge is 0.317 e. The van der Waals surface area contributed by atoms with E-state index < -0.39 is 0 Å². The SMILES string of the molecule is C[C@H]1CCOCCN1C(=O)NCCCCOc1ccc(F)cc1. The van der Waals surface area contributed by atoms with Crippen LogP contribution in [-0.4, -0.2) is 49.9 Å². The number of halogens is 1. The number of unbranched alkanes of at least 4 members (excludes halogenated alkanes) is 1. The number of benzene rings is 1. The molecule has 6 heteroatoms. The van der Waals surface area contributed by atoms with Gasteiger partial charge in [0, 0.05) is 25.7 Å². The second-order valence-corrected chi connectivity index (χ2v) is 5.68. The number of hydrogen-bond donors (Lipinski definition) is 1. The van der Waals surface area contributed by atoms with Gasteiger partial charge in [-0.2, -0.15) is 0 Å². The summed E-state index contributed by atoms with van der Waals surface area (Å²) < 4.78 is 23.7. The molecule has 5 nitrogen and oxygen atoms in total. The van der Waals surface area contributed by atoms with Gasteiger partial charge in [0.15, 0.2) is 0 Å². The number of amides is 2. The minimum atomic E-state index is -0.270. The normalized spacial score (nSPS) is 18.3. The third kappa shape index (κ3) is 6.06. The van der Waals surface area contributed by atoms with Crippen molar-refractivity contribution in [2.75, 3.05) is 32.9 Å². The van der Waals surface area contributed by atoms with E-state index in [4.69, 9.17) is 9.47 Å². The third-order valence-electron chi connectivity index (χ3n) is 3.88. The minimum Gasteiger partial charge on any atom is -0.494 e. The first-order chi connectivity index (χ1) is 11.2. The largest absolute Gasteiger partial charge is 0.494 e. The van der Waals surface area contributed by atoms with Gasteiger partial charge in [-0.3, -0.25) is 0 Å². The Labute approximate surface area is 136 Å². The average Bonchev–Trinajstić information content (AvgIpc) is 2.77. The predicted molar refractivity (Wildman–Crippen MR) is 86.1 cm³/mol. The average molecular weight is 324 g/mol. The molecule has 1 N–H and O–H groups in total. The fourth-order valence-corrected chi connectivity index (χ4v) is 2.44. The molecule has 1 fully saturated rings. The van der Waals surface area contributed by atoms with Crippen LogP contribution in [0, 0.1) is 5.82 Å². The highest BCUT2D eigenvalue weighted by atomic mass is 19.1. The standard InChI is InChI=1S/C17H25FN2O3/c1-14-8-12-22-13-10-20(14)17(21)19-9-2-3-11-23-16-6-4-15(18)5-7-16/h4-7,14H,2-3,8-13H2,1H3,(H,19,21)/t14-/m0/s1. The highest BCUT2D eigenvalue weighted by Gasteiger charge is 2.21. The maximum Gasteiger partial charge on any atom is 0.317 e. The molecule has 0 radical (unpaired) electrons. The molecule has 1 heterocycles. The number of rotatable bonds is 6. The zero-order valence-electron chi connectivity index (χ0n) is 13.6. The van der Waals surface area contributed by atoms with Gasteiger partial charge in [0.1, 0.15) is 11.6 Å². The van der Waals surface area contributed by atoms with Gasteiger partial charge in [-0.05, 0) is 50.5 Å². The summed E-state index contributed by atoms with van der Waals surface area (Å²) in [6, 6.07) is 6.16. The lowest BCUT2D eigenvalue weighted by Crippen LogP contribution is -2.45. The summed E-state index contributed by atoms with van der Waals surface area (Å²) in [6.07, 6.45) is 2.54. The molecule has 0 saturated carbocycles. The monoisotopic (exact) mass is 324 g/mol. The van der Waals surface area contributed by atoms with Crippen molar-refractivity contribution in [1.82, 2.24) is 10.2 Å². The van der Waals surface area contributed by atoms with E-state index in [-0.39, 0.29) is 17.9 Å². The lowest BCUT2D eigenvalue weighted by Gasteiger charge is -2.26. The maximum absolute atomic E-state index is 12.7. The maximum atomic E-state index is 12.7. The Kier molecular flexibility index (Phi) is 7.13.